The second-order valence-electron chi connectivity index (χ2n) is 6.66. The van der Waals surface area contributed by atoms with E-state index in [1.165, 1.54) is 0 Å². The van der Waals surface area contributed by atoms with E-state index < -0.39 is 29.8 Å². The van der Waals surface area contributed by atoms with Crippen molar-refractivity contribution in [3.8, 4) is 0 Å². The molecule has 5 N–H and O–H groups in total. The molecule has 25 heavy (non-hydrogen) atoms. The van der Waals surface area contributed by atoms with Gasteiger partial charge in [-0.3, -0.25) is 0 Å². The van der Waals surface area contributed by atoms with Crippen molar-refractivity contribution >= 4 is 17.7 Å². The zero-order valence-electron chi connectivity index (χ0n) is 14.7. The van der Waals surface area contributed by atoms with Gasteiger partial charge in [-0.05, 0) is 38.5 Å². The van der Waals surface area contributed by atoms with Crippen LogP contribution in [0.1, 0.15) is 26.3 Å². The van der Waals surface area contributed by atoms with E-state index in [-0.39, 0.29) is 19.6 Å². The van der Waals surface area contributed by atoms with Gasteiger partial charge in [0.15, 0.2) is 0 Å². The van der Waals surface area contributed by atoms with Crippen LogP contribution < -0.4 is 10.6 Å². The van der Waals surface area contributed by atoms with Crippen LogP contribution in [0.4, 0.5) is 10.5 Å². The number of amides is 1. The molecule has 0 saturated heterocycles. The number of hydrogen-bond acceptors (Lipinski definition) is 6. The van der Waals surface area contributed by atoms with E-state index in [4.69, 9.17) is 9.84 Å². The molecule has 1 aromatic rings. The molecule has 8 nitrogen and oxygen atoms in total. The maximum Gasteiger partial charge on any atom is 0.408 e. The van der Waals surface area contributed by atoms with Gasteiger partial charge in [0.05, 0.1) is 12.7 Å². The van der Waals surface area contributed by atoms with Gasteiger partial charge in [-0.25, -0.2) is 9.59 Å². The van der Waals surface area contributed by atoms with Crippen molar-refractivity contribution in [2.24, 2.45) is 0 Å². The number of alkyl carbamates (subject to hydrolysis) is 1. The fourth-order valence-electron chi connectivity index (χ4n) is 1.94. The van der Waals surface area contributed by atoms with E-state index in [9.17, 15) is 19.8 Å². The third-order valence-corrected chi connectivity index (χ3v) is 3.14. The number of carboxylic acids is 1. The normalized spacial score (nSPS) is 13.6. The summed E-state index contributed by atoms with van der Waals surface area (Å²) in [7, 11) is 0. The molecule has 1 amide bonds. The Morgan fingerprint density at radius 2 is 1.80 bits per heavy atom. The second kappa shape index (κ2) is 9.24. The molecule has 8 heteroatoms. The molecule has 0 radical (unpaired) electrons. The molecule has 0 heterocycles. The van der Waals surface area contributed by atoms with Gasteiger partial charge in [-0.2, -0.15) is 0 Å². The van der Waals surface area contributed by atoms with Crippen LogP contribution in [0, 0.1) is 0 Å². The Hall–Kier alpha value is -2.32. The lowest BCUT2D eigenvalue weighted by Crippen LogP contribution is -2.44. The predicted molar refractivity (Wildman–Crippen MR) is 92.5 cm³/mol. The summed E-state index contributed by atoms with van der Waals surface area (Å²) in [6.45, 7) is 4.96. The van der Waals surface area contributed by atoms with Crippen LogP contribution in [-0.2, 0) is 16.0 Å². The molecule has 0 spiro atoms. The molecule has 0 saturated carbocycles. The van der Waals surface area contributed by atoms with Crippen LogP contribution >= 0.6 is 0 Å². The zero-order chi connectivity index (χ0) is 19.0. The first-order valence-electron chi connectivity index (χ1n) is 7.95. The van der Waals surface area contributed by atoms with Crippen molar-refractivity contribution in [1.82, 2.24) is 5.32 Å². The number of benzene rings is 1. The lowest BCUT2D eigenvalue weighted by atomic mass is 10.1. The largest absolute Gasteiger partial charge is 0.480 e. The minimum atomic E-state index is -1.15. The average molecular weight is 354 g/mol. The van der Waals surface area contributed by atoms with Gasteiger partial charge in [0.1, 0.15) is 11.6 Å². The van der Waals surface area contributed by atoms with Crippen LogP contribution in [-0.4, -0.2) is 58.3 Å². The number of anilines is 1. The van der Waals surface area contributed by atoms with Gasteiger partial charge in [-0.15, -0.1) is 0 Å². The number of carbonyl (C=O) groups excluding carboxylic acids is 1. The first-order valence-corrected chi connectivity index (χ1v) is 7.95. The highest BCUT2D eigenvalue weighted by molar-refractivity contribution is 5.80. The predicted octanol–water partition coefficient (Wildman–Crippen LogP) is 0.972. The highest BCUT2D eigenvalue weighted by Crippen LogP contribution is 2.12. The molecular formula is C17H26N2O6. The van der Waals surface area contributed by atoms with Crippen LogP contribution in [0.5, 0.6) is 0 Å². The summed E-state index contributed by atoms with van der Waals surface area (Å²) in [4.78, 5) is 23.1. The van der Waals surface area contributed by atoms with Gasteiger partial charge in [0.25, 0.3) is 0 Å². The molecular weight excluding hydrogens is 328 g/mol. The Bertz CT molecular complexity index is 567. The summed E-state index contributed by atoms with van der Waals surface area (Å²) in [6.07, 6.45) is -1.53. The Labute approximate surface area is 146 Å². The number of hydrogen-bond donors (Lipinski definition) is 5. The highest BCUT2D eigenvalue weighted by Gasteiger charge is 2.24. The maximum atomic E-state index is 11.7. The molecule has 0 aliphatic heterocycles. The Balaban J connectivity index is 2.63. The minimum absolute atomic E-state index is 0.105. The lowest BCUT2D eigenvalue weighted by molar-refractivity contribution is -0.139. The Morgan fingerprint density at radius 3 is 2.28 bits per heavy atom. The molecule has 2 unspecified atom stereocenters. The Kier molecular flexibility index (Phi) is 7.66. The second-order valence-corrected chi connectivity index (χ2v) is 6.66. The third kappa shape index (κ3) is 8.37. The molecule has 0 aliphatic rings. The van der Waals surface area contributed by atoms with Gasteiger partial charge in [-0.1, -0.05) is 12.1 Å². The summed E-state index contributed by atoms with van der Waals surface area (Å²) in [5.74, 6) is -1.15. The standard InChI is InChI=1S/C17H26N2O6/c1-17(2,3)25-16(24)19-14(15(22)23)8-11-4-6-12(7-5-11)18-9-13(21)10-20/h4-7,13-14,18,20-21H,8-10H2,1-3H3,(H,19,24)(H,22,23). The van der Waals surface area contributed by atoms with E-state index in [0.717, 1.165) is 11.3 Å². The fourth-order valence-corrected chi connectivity index (χ4v) is 1.94. The minimum Gasteiger partial charge on any atom is -0.480 e. The fraction of sp³-hybridized carbons (Fsp3) is 0.529. The molecule has 0 aliphatic carbocycles. The van der Waals surface area contributed by atoms with E-state index >= 15 is 0 Å². The highest BCUT2D eigenvalue weighted by atomic mass is 16.6. The monoisotopic (exact) mass is 354 g/mol. The van der Waals surface area contributed by atoms with Gasteiger partial charge in [0, 0.05) is 18.7 Å². The number of ether oxygens (including phenoxy) is 1. The van der Waals surface area contributed by atoms with Crippen molar-refractivity contribution in [3.63, 3.8) is 0 Å². The molecule has 0 bridgehead atoms. The number of carbonyl (C=O) groups is 2. The van der Waals surface area contributed by atoms with Crippen molar-refractivity contribution in [3.05, 3.63) is 29.8 Å². The Morgan fingerprint density at radius 1 is 1.20 bits per heavy atom. The van der Waals surface area contributed by atoms with Crippen LogP contribution in [0.15, 0.2) is 24.3 Å². The quantitative estimate of drug-likeness (QED) is 0.470. The summed E-state index contributed by atoms with van der Waals surface area (Å²) < 4.78 is 5.07. The number of rotatable bonds is 8. The van der Waals surface area contributed by atoms with E-state index in [2.05, 4.69) is 10.6 Å². The molecule has 0 fully saturated rings. The van der Waals surface area contributed by atoms with Crippen molar-refractivity contribution in [2.75, 3.05) is 18.5 Å². The first-order chi connectivity index (χ1) is 11.6. The lowest BCUT2D eigenvalue weighted by Gasteiger charge is -2.22. The first kappa shape index (κ1) is 20.7. The van der Waals surface area contributed by atoms with Crippen LogP contribution in [0.2, 0.25) is 0 Å². The number of aliphatic hydroxyl groups is 2. The number of aliphatic hydroxyl groups excluding tert-OH is 2. The molecule has 0 aromatic heterocycles. The van der Waals surface area contributed by atoms with Gasteiger partial charge >= 0.3 is 12.1 Å². The molecule has 1 aromatic carbocycles. The van der Waals surface area contributed by atoms with E-state index in [0.29, 0.717) is 0 Å². The SMILES string of the molecule is CC(C)(C)OC(=O)NC(Cc1ccc(NCC(O)CO)cc1)C(=O)O. The van der Waals surface area contributed by atoms with Crippen molar-refractivity contribution in [1.29, 1.82) is 0 Å². The average Bonchev–Trinajstić information content (AvgIpc) is 2.51. The van der Waals surface area contributed by atoms with Crippen molar-refractivity contribution in [2.45, 2.75) is 44.9 Å². The van der Waals surface area contributed by atoms with Gasteiger partial charge in [0.2, 0.25) is 0 Å². The van der Waals surface area contributed by atoms with Crippen molar-refractivity contribution < 1.29 is 29.6 Å². The van der Waals surface area contributed by atoms with Crippen LogP contribution in [0.25, 0.3) is 0 Å². The smallest absolute Gasteiger partial charge is 0.408 e. The summed E-state index contributed by atoms with van der Waals surface area (Å²) in [5.41, 5.74) is 0.736. The van der Waals surface area contributed by atoms with Gasteiger partial charge < -0.3 is 30.7 Å². The summed E-state index contributed by atoms with van der Waals surface area (Å²) in [6, 6.07) is 5.79. The molecule has 1 rings (SSSR count). The summed E-state index contributed by atoms with van der Waals surface area (Å²) in [5, 5.41) is 32.6. The number of nitrogens with one attached hydrogen (secondary N) is 2. The van der Waals surface area contributed by atoms with E-state index in [1.807, 2.05) is 0 Å². The molecule has 140 valence electrons. The zero-order valence-corrected chi connectivity index (χ0v) is 14.7. The number of carboxylic acid groups (broad SMARTS) is 1. The van der Waals surface area contributed by atoms with Crippen LogP contribution in [0.3, 0.4) is 0 Å². The topological polar surface area (TPSA) is 128 Å². The third-order valence-electron chi connectivity index (χ3n) is 3.14. The van der Waals surface area contributed by atoms with E-state index in [1.54, 1.807) is 45.0 Å². The summed E-state index contributed by atoms with van der Waals surface area (Å²) >= 11 is 0. The number of aliphatic carboxylic acids is 1. The molecule has 2 atom stereocenters. The maximum absolute atomic E-state index is 11.7.